The SMILES string of the molecule is Cc1noc(CCCC(=O)N(C)Cc2ccc([C@H]3C[C@@H]3C)o2)n1. The van der Waals surface area contributed by atoms with Crippen LogP contribution in [0.1, 0.15) is 55.3 Å². The first-order valence-electron chi connectivity index (χ1n) is 8.14. The van der Waals surface area contributed by atoms with Gasteiger partial charge < -0.3 is 13.8 Å². The lowest BCUT2D eigenvalue weighted by atomic mass is 10.2. The molecule has 0 saturated heterocycles. The Morgan fingerprint density at radius 3 is 2.87 bits per heavy atom. The lowest BCUT2D eigenvalue weighted by Crippen LogP contribution is -2.25. The zero-order valence-electron chi connectivity index (χ0n) is 13.9. The summed E-state index contributed by atoms with van der Waals surface area (Å²) >= 11 is 0. The van der Waals surface area contributed by atoms with E-state index in [-0.39, 0.29) is 5.91 Å². The maximum Gasteiger partial charge on any atom is 0.226 e. The highest BCUT2D eigenvalue weighted by Gasteiger charge is 2.36. The minimum Gasteiger partial charge on any atom is -0.464 e. The monoisotopic (exact) mass is 317 g/mol. The molecule has 2 heterocycles. The molecule has 6 heteroatoms. The van der Waals surface area contributed by atoms with E-state index >= 15 is 0 Å². The second-order valence-electron chi connectivity index (χ2n) is 6.46. The fourth-order valence-corrected chi connectivity index (χ4v) is 2.74. The smallest absolute Gasteiger partial charge is 0.226 e. The van der Waals surface area contributed by atoms with Crippen LogP contribution in [0.5, 0.6) is 0 Å². The van der Waals surface area contributed by atoms with Crippen LogP contribution in [0, 0.1) is 12.8 Å². The topological polar surface area (TPSA) is 72.4 Å². The number of hydrogen-bond donors (Lipinski definition) is 0. The summed E-state index contributed by atoms with van der Waals surface area (Å²) in [6.45, 7) is 4.53. The minimum absolute atomic E-state index is 0.0963. The van der Waals surface area contributed by atoms with Gasteiger partial charge in [-0.1, -0.05) is 12.1 Å². The Kier molecular flexibility index (Phi) is 4.50. The van der Waals surface area contributed by atoms with Crippen molar-refractivity contribution in [2.75, 3.05) is 7.05 Å². The number of carbonyl (C=O) groups is 1. The van der Waals surface area contributed by atoms with E-state index in [0.29, 0.717) is 43.4 Å². The normalized spacial score (nSPS) is 19.8. The molecule has 0 N–H and O–H groups in total. The molecule has 0 aliphatic heterocycles. The second-order valence-corrected chi connectivity index (χ2v) is 6.46. The highest BCUT2D eigenvalue weighted by Crippen LogP contribution is 2.47. The molecule has 0 radical (unpaired) electrons. The third kappa shape index (κ3) is 4.00. The Hall–Kier alpha value is -2.11. The van der Waals surface area contributed by atoms with E-state index in [1.54, 1.807) is 18.9 Å². The van der Waals surface area contributed by atoms with E-state index < -0.39 is 0 Å². The lowest BCUT2D eigenvalue weighted by Gasteiger charge is -2.15. The molecule has 0 aromatic carbocycles. The Balaban J connectivity index is 1.43. The second kappa shape index (κ2) is 6.56. The first kappa shape index (κ1) is 15.8. The van der Waals surface area contributed by atoms with Crippen molar-refractivity contribution >= 4 is 5.91 Å². The molecule has 0 spiro atoms. The Morgan fingerprint density at radius 1 is 1.43 bits per heavy atom. The average molecular weight is 317 g/mol. The fraction of sp³-hybridized carbons (Fsp3) is 0.588. The van der Waals surface area contributed by atoms with E-state index in [9.17, 15) is 4.79 Å². The van der Waals surface area contributed by atoms with Crippen molar-refractivity contribution < 1.29 is 13.7 Å². The zero-order chi connectivity index (χ0) is 16.4. The molecule has 1 fully saturated rings. The molecule has 3 rings (SSSR count). The summed E-state index contributed by atoms with van der Waals surface area (Å²) in [5.74, 6) is 4.51. The molecule has 2 aromatic heterocycles. The highest BCUT2D eigenvalue weighted by molar-refractivity contribution is 5.75. The van der Waals surface area contributed by atoms with Crippen LogP contribution < -0.4 is 0 Å². The van der Waals surface area contributed by atoms with Crippen LogP contribution in [-0.2, 0) is 17.8 Å². The Bertz CT molecular complexity index is 676. The van der Waals surface area contributed by atoms with Gasteiger partial charge in [-0.15, -0.1) is 0 Å². The van der Waals surface area contributed by atoms with Gasteiger partial charge in [0.05, 0.1) is 6.54 Å². The van der Waals surface area contributed by atoms with Crippen LogP contribution in [0.25, 0.3) is 0 Å². The molecule has 2 atom stereocenters. The standard InChI is InChI=1S/C17H23N3O3/c1-11-9-14(11)15-8-7-13(22-15)10-20(3)17(21)6-4-5-16-18-12(2)19-23-16/h7-8,11,14H,4-6,9-10H2,1-3H3/t11-,14-/m0/s1. The molecular formula is C17H23N3O3. The maximum absolute atomic E-state index is 12.2. The van der Waals surface area contributed by atoms with E-state index in [2.05, 4.69) is 17.1 Å². The van der Waals surface area contributed by atoms with E-state index in [4.69, 9.17) is 8.94 Å². The number of hydrogen-bond acceptors (Lipinski definition) is 5. The van der Waals surface area contributed by atoms with Gasteiger partial charge in [-0.25, -0.2) is 0 Å². The molecule has 6 nitrogen and oxygen atoms in total. The number of aryl methyl sites for hydroxylation is 2. The van der Waals surface area contributed by atoms with E-state index in [0.717, 1.165) is 17.4 Å². The van der Waals surface area contributed by atoms with Crippen molar-refractivity contribution in [3.63, 3.8) is 0 Å². The van der Waals surface area contributed by atoms with Crippen molar-refractivity contribution in [1.82, 2.24) is 15.0 Å². The summed E-state index contributed by atoms with van der Waals surface area (Å²) in [5, 5.41) is 3.74. The molecule has 0 unspecified atom stereocenters. The van der Waals surface area contributed by atoms with Crippen molar-refractivity contribution in [2.45, 2.75) is 52.0 Å². The molecule has 2 aromatic rings. The number of aromatic nitrogens is 2. The number of furan rings is 1. The molecule has 23 heavy (non-hydrogen) atoms. The van der Waals surface area contributed by atoms with Crippen LogP contribution >= 0.6 is 0 Å². The van der Waals surface area contributed by atoms with E-state index in [1.807, 2.05) is 12.1 Å². The average Bonchev–Trinajstić information content (AvgIpc) is 2.89. The van der Waals surface area contributed by atoms with Gasteiger partial charge in [-0.3, -0.25) is 4.79 Å². The molecule has 1 amide bonds. The lowest BCUT2D eigenvalue weighted by molar-refractivity contribution is -0.130. The predicted octanol–water partition coefficient (Wildman–Crippen LogP) is 3.08. The summed E-state index contributed by atoms with van der Waals surface area (Å²) < 4.78 is 10.9. The molecule has 124 valence electrons. The van der Waals surface area contributed by atoms with Gasteiger partial charge in [-0.05, 0) is 37.8 Å². The molecule has 1 aliphatic carbocycles. The first-order chi connectivity index (χ1) is 11.0. The quantitative estimate of drug-likeness (QED) is 0.784. The van der Waals surface area contributed by atoms with Crippen molar-refractivity contribution in [2.24, 2.45) is 5.92 Å². The Morgan fingerprint density at radius 2 is 2.22 bits per heavy atom. The summed E-state index contributed by atoms with van der Waals surface area (Å²) in [7, 11) is 1.81. The number of nitrogens with zero attached hydrogens (tertiary/aromatic N) is 3. The van der Waals surface area contributed by atoms with Crippen molar-refractivity contribution in [1.29, 1.82) is 0 Å². The molecule has 0 bridgehead atoms. The third-order valence-corrected chi connectivity index (χ3v) is 4.33. The number of amides is 1. The molecule has 1 saturated carbocycles. The third-order valence-electron chi connectivity index (χ3n) is 4.33. The summed E-state index contributed by atoms with van der Waals surface area (Å²) in [5.41, 5.74) is 0. The van der Waals surface area contributed by atoms with Crippen molar-refractivity contribution in [3.8, 4) is 0 Å². The fourth-order valence-electron chi connectivity index (χ4n) is 2.74. The summed E-state index contributed by atoms with van der Waals surface area (Å²) in [6, 6.07) is 4.02. The summed E-state index contributed by atoms with van der Waals surface area (Å²) in [4.78, 5) is 18.0. The largest absolute Gasteiger partial charge is 0.464 e. The van der Waals surface area contributed by atoms with Gasteiger partial charge in [0.1, 0.15) is 11.5 Å². The highest BCUT2D eigenvalue weighted by atomic mass is 16.5. The number of rotatable bonds is 7. The van der Waals surface area contributed by atoms with Crippen LogP contribution in [0.4, 0.5) is 0 Å². The van der Waals surface area contributed by atoms with Gasteiger partial charge in [0.25, 0.3) is 0 Å². The minimum atomic E-state index is 0.0963. The van der Waals surface area contributed by atoms with E-state index in [1.165, 1.54) is 6.42 Å². The van der Waals surface area contributed by atoms with Crippen LogP contribution in [0.15, 0.2) is 21.1 Å². The Labute approximate surface area is 135 Å². The van der Waals surface area contributed by atoms with Gasteiger partial charge in [0.15, 0.2) is 5.82 Å². The van der Waals surface area contributed by atoms with Crippen LogP contribution in [-0.4, -0.2) is 28.0 Å². The van der Waals surface area contributed by atoms with Crippen LogP contribution in [0.3, 0.4) is 0 Å². The first-order valence-corrected chi connectivity index (χ1v) is 8.14. The molecular weight excluding hydrogens is 294 g/mol. The van der Waals surface area contributed by atoms with Gasteiger partial charge >= 0.3 is 0 Å². The zero-order valence-corrected chi connectivity index (χ0v) is 13.9. The maximum atomic E-state index is 12.2. The summed E-state index contributed by atoms with van der Waals surface area (Å²) in [6.07, 6.45) is 3.00. The van der Waals surface area contributed by atoms with Crippen LogP contribution in [0.2, 0.25) is 0 Å². The van der Waals surface area contributed by atoms with Gasteiger partial charge in [0.2, 0.25) is 11.8 Å². The van der Waals surface area contributed by atoms with Gasteiger partial charge in [0, 0.05) is 25.8 Å². The molecule has 1 aliphatic rings. The van der Waals surface area contributed by atoms with Gasteiger partial charge in [-0.2, -0.15) is 4.98 Å². The van der Waals surface area contributed by atoms with Crippen molar-refractivity contribution in [3.05, 3.63) is 35.4 Å². The predicted molar refractivity (Wildman–Crippen MR) is 83.7 cm³/mol. The number of carbonyl (C=O) groups excluding carboxylic acids is 1.